The molecular formula is C48H76O23. The molecule has 7 fully saturated rings. The average Bonchev–Trinajstić information content (AvgIpc) is 3.91. The number of fused-ring (bicyclic) bond motifs is 5. The number of carbonyl (C=O) groups excluding carboxylic acids is 1. The van der Waals surface area contributed by atoms with Gasteiger partial charge in [-0.25, -0.2) is 0 Å². The first kappa shape index (κ1) is 54.2. The first-order valence-electron chi connectivity index (χ1n) is 25.2. The molecule has 71 heavy (non-hydrogen) atoms. The van der Waals surface area contributed by atoms with Crippen LogP contribution in [0.5, 0.6) is 0 Å². The van der Waals surface area contributed by atoms with Crippen molar-refractivity contribution in [3.63, 3.8) is 0 Å². The van der Waals surface area contributed by atoms with E-state index in [1.165, 1.54) is 11.1 Å². The zero-order valence-corrected chi connectivity index (χ0v) is 40.7. The highest BCUT2D eigenvalue weighted by atomic mass is 16.8. The molecule has 0 bridgehead atoms. The minimum atomic E-state index is -2.15. The SMILES string of the molecule is C[C@@H]1CC(=O)O[C@@]12CC[C@@]1(C)C3=C(CC[C@@]12C)[C@@]1(C)CC[C@H](O[C@@H]2O[C@H](CO[C@@H]4OC[C@@H](O)[C@H](O)[C@H]4O[C@@H]4O[C@H](CO)[C@@H](O)[C@H](O)[C@H]4O[C@@H]4OC[C@](O)(CO)[C@H]4O)[C@@H](O)[C@H](O)[C@H]2O)C(CO)(CO)[C@@H]1CC3. The van der Waals surface area contributed by atoms with Crippen LogP contribution in [0, 0.1) is 33.5 Å². The summed E-state index contributed by atoms with van der Waals surface area (Å²) in [7, 11) is 0. The number of aliphatic hydroxyl groups is 13. The molecule has 1 spiro atoms. The average molecular weight is 1020 g/mol. The van der Waals surface area contributed by atoms with Crippen LogP contribution in [-0.2, 0) is 47.4 Å². The van der Waals surface area contributed by atoms with Crippen molar-refractivity contribution >= 4 is 5.97 Å². The summed E-state index contributed by atoms with van der Waals surface area (Å²) in [6, 6.07) is 0. The van der Waals surface area contributed by atoms with E-state index < -0.39 is 173 Å². The van der Waals surface area contributed by atoms with Gasteiger partial charge in [-0.05, 0) is 68.1 Å². The summed E-state index contributed by atoms with van der Waals surface area (Å²) < 4.78 is 53.3. The van der Waals surface area contributed by atoms with Gasteiger partial charge in [0.15, 0.2) is 25.2 Å². The van der Waals surface area contributed by atoms with Crippen molar-refractivity contribution in [2.24, 2.45) is 33.5 Å². The fraction of sp³-hybridized carbons (Fsp3) is 0.938. The monoisotopic (exact) mass is 1020 g/mol. The lowest BCUT2D eigenvalue weighted by Crippen LogP contribution is -2.65. The van der Waals surface area contributed by atoms with Crippen LogP contribution >= 0.6 is 0 Å². The molecule has 0 aromatic rings. The zero-order chi connectivity index (χ0) is 51.4. The van der Waals surface area contributed by atoms with Gasteiger partial charge >= 0.3 is 5.97 Å². The zero-order valence-electron chi connectivity index (χ0n) is 40.7. The van der Waals surface area contributed by atoms with E-state index in [9.17, 15) is 71.2 Å². The largest absolute Gasteiger partial charge is 0.458 e. The van der Waals surface area contributed by atoms with Crippen LogP contribution in [0.25, 0.3) is 0 Å². The Morgan fingerprint density at radius 1 is 0.662 bits per heavy atom. The van der Waals surface area contributed by atoms with E-state index in [2.05, 4.69) is 27.7 Å². The van der Waals surface area contributed by atoms with E-state index in [-0.39, 0.29) is 28.6 Å². The van der Waals surface area contributed by atoms with Crippen molar-refractivity contribution in [2.75, 3.05) is 46.2 Å². The molecule has 23 heteroatoms. The highest BCUT2D eigenvalue weighted by molar-refractivity contribution is 5.73. The fourth-order valence-electron chi connectivity index (χ4n) is 14.8. The highest BCUT2D eigenvalue weighted by Crippen LogP contribution is 2.75. The summed E-state index contributed by atoms with van der Waals surface area (Å²) in [5.41, 5.74) is -2.18. The molecule has 0 aromatic carbocycles. The van der Waals surface area contributed by atoms with Gasteiger partial charge in [0.05, 0.1) is 58.8 Å². The molecule has 5 heterocycles. The van der Waals surface area contributed by atoms with Gasteiger partial charge in [-0.2, -0.15) is 0 Å². The van der Waals surface area contributed by atoms with Gasteiger partial charge in [-0.3, -0.25) is 4.79 Å². The van der Waals surface area contributed by atoms with Crippen molar-refractivity contribution in [3.8, 4) is 0 Å². The van der Waals surface area contributed by atoms with Crippen LogP contribution in [0.15, 0.2) is 11.1 Å². The first-order chi connectivity index (χ1) is 33.5. The van der Waals surface area contributed by atoms with Gasteiger partial charge in [0.1, 0.15) is 84.4 Å². The molecule has 0 aromatic heterocycles. The second kappa shape index (κ2) is 19.7. The predicted molar refractivity (Wildman–Crippen MR) is 236 cm³/mol. The van der Waals surface area contributed by atoms with Gasteiger partial charge in [0.25, 0.3) is 0 Å². The summed E-state index contributed by atoms with van der Waals surface area (Å²) in [5, 5.41) is 141. The van der Waals surface area contributed by atoms with Crippen molar-refractivity contribution in [3.05, 3.63) is 11.1 Å². The molecule has 406 valence electrons. The highest BCUT2D eigenvalue weighted by Gasteiger charge is 2.73. The van der Waals surface area contributed by atoms with Crippen LogP contribution < -0.4 is 0 Å². The molecule has 0 radical (unpaired) electrons. The van der Waals surface area contributed by atoms with E-state index in [0.29, 0.717) is 32.1 Å². The molecule has 9 aliphatic rings. The second-order valence-corrected chi connectivity index (χ2v) is 22.7. The normalized spacial score (nSPS) is 52.9. The Morgan fingerprint density at radius 3 is 1.99 bits per heavy atom. The number of hydrogen-bond acceptors (Lipinski definition) is 23. The Bertz CT molecular complexity index is 1960. The van der Waals surface area contributed by atoms with Crippen LogP contribution in [0.3, 0.4) is 0 Å². The predicted octanol–water partition coefficient (Wildman–Crippen LogP) is -3.68. The molecule has 0 amide bonds. The van der Waals surface area contributed by atoms with Crippen LogP contribution in [0.1, 0.15) is 85.5 Å². The molecule has 4 aliphatic carbocycles. The molecule has 23 nitrogen and oxygen atoms in total. The van der Waals surface area contributed by atoms with Crippen molar-refractivity contribution in [1.82, 2.24) is 0 Å². The number of esters is 1. The summed E-state index contributed by atoms with van der Waals surface area (Å²) in [4.78, 5) is 12.7. The minimum Gasteiger partial charge on any atom is -0.458 e. The van der Waals surface area contributed by atoms with E-state index >= 15 is 0 Å². The Morgan fingerprint density at radius 2 is 1.34 bits per heavy atom. The maximum Gasteiger partial charge on any atom is 0.306 e. The third-order valence-electron chi connectivity index (χ3n) is 19.4. The summed E-state index contributed by atoms with van der Waals surface area (Å²) in [6.07, 6.45) is -22.6. The Kier molecular flexibility index (Phi) is 15.1. The number of rotatable bonds is 13. The quantitative estimate of drug-likeness (QED) is 0.0624. The van der Waals surface area contributed by atoms with Gasteiger partial charge in [0.2, 0.25) is 0 Å². The number of aliphatic hydroxyl groups excluding tert-OH is 12. The molecule has 5 aliphatic heterocycles. The molecule has 2 saturated carbocycles. The molecule has 24 atom stereocenters. The molecule has 0 unspecified atom stereocenters. The van der Waals surface area contributed by atoms with E-state index in [1.807, 2.05) is 0 Å². The number of carbonyl (C=O) groups is 1. The second-order valence-electron chi connectivity index (χ2n) is 22.7. The molecule has 9 rings (SSSR count). The Hall–Kier alpha value is -1.63. The van der Waals surface area contributed by atoms with Crippen molar-refractivity contribution < 1.29 is 114 Å². The number of ether oxygens (including phenoxy) is 9. The van der Waals surface area contributed by atoms with Crippen LogP contribution in [-0.4, -0.2) is 234 Å². The summed E-state index contributed by atoms with van der Waals surface area (Å²) in [6.45, 7) is 4.53. The number of hydrogen-bond donors (Lipinski definition) is 13. The topological polar surface area (TPSA) is 363 Å². The number of allylic oxidation sites excluding steroid dienone is 2. The van der Waals surface area contributed by atoms with Crippen molar-refractivity contribution in [2.45, 2.75) is 201 Å². The van der Waals surface area contributed by atoms with Gasteiger partial charge in [0, 0.05) is 16.7 Å². The standard InChI is InChI=1S/C48H76O23/c1-21-13-29(54)71-48(21)12-11-44(3)23-5-6-27-43(2,22(23)7-10-45(44,48)4)9-8-28(46(27,17-50)18-51)68-39-35(60)33(58)32(57)26(67-39)16-64-40-36(30(55)24(53)15-63-40)69-41-37(34(59)31(56)25(14-49)66-41)70-42-38(61)47(62,19-52)20-65-42/h21,24-28,30-42,49-53,55-62H,5-20H2,1-4H3/t21-,24-,25-,26-,27-,28+,30+,31-,32-,33+,34+,35-,36-,37-,38+,39+,40+,41+,42+,43-,44+,45+,47-,48+/m1/s1. The van der Waals surface area contributed by atoms with Crippen molar-refractivity contribution in [1.29, 1.82) is 0 Å². The molecule has 5 saturated heterocycles. The minimum absolute atomic E-state index is 0.0928. The molecular weight excluding hydrogens is 945 g/mol. The Balaban J connectivity index is 0.904. The van der Waals surface area contributed by atoms with Gasteiger partial charge in [-0.15, -0.1) is 0 Å². The molecule has 13 N–H and O–H groups in total. The van der Waals surface area contributed by atoms with E-state index in [1.54, 1.807) is 0 Å². The maximum absolute atomic E-state index is 12.7. The van der Waals surface area contributed by atoms with E-state index in [0.717, 1.165) is 25.7 Å². The summed E-state index contributed by atoms with van der Waals surface area (Å²) >= 11 is 0. The van der Waals surface area contributed by atoms with Gasteiger partial charge in [-0.1, -0.05) is 38.8 Å². The lowest BCUT2D eigenvalue weighted by molar-refractivity contribution is -0.378. The Labute approximate surface area is 411 Å². The maximum atomic E-state index is 12.7. The lowest BCUT2D eigenvalue weighted by atomic mass is 9.42. The first-order valence-corrected chi connectivity index (χ1v) is 25.2. The van der Waals surface area contributed by atoms with E-state index in [4.69, 9.17) is 42.6 Å². The third kappa shape index (κ3) is 8.31. The van der Waals surface area contributed by atoms with Crippen LogP contribution in [0.2, 0.25) is 0 Å². The lowest BCUT2D eigenvalue weighted by Gasteiger charge is -2.63. The fourth-order valence-corrected chi connectivity index (χ4v) is 14.8. The smallest absolute Gasteiger partial charge is 0.306 e. The van der Waals surface area contributed by atoms with Gasteiger partial charge < -0.3 is 109 Å². The summed E-state index contributed by atoms with van der Waals surface area (Å²) in [5.74, 6) is -0.330. The third-order valence-corrected chi connectivity index (χ3v) is 19.4. The van der Waals surface area contributed by atoms with Crippen LogP contribution in [0.4, 0.5) is 0 Å².